The second-order valence-electron chi connectivity index (χ2n) is 4.08. The molecule has 0 aromatic carbocycles. The highest BCUT2D eigenvalue weighted by molar-refractivity contribution is 7.53. The molecule has 0 unspecified atom stereocenters. The van der Waals surface area contributed by atoms with Crippen LogP contribution in [0.5, 0.6) is 0 Å². The van der Waals surface area contributed by atoms with Crippen LogP contribution in [0.15, 0.2) is 0 Å². The molecular weight excluding hydrogens is 219 g/mol. The Kier molecular flexibility index (Phi) is 5.49. The lowest BCUT2D eigenvalue weighted by Crippen LogP contribution is -2.22. The van der Waals surface area contributed by atoms with Gasteiger partial charge in [-0.1, -0.05) is 6.92 Å². The van der Waals surface area contributed by atoms with Gasteiger partial charge in [0.2, 0.25) is 0 Å². The molecule has 0 fully saturated rings. The van der Waals surface area contributed by atoms with Gasteiger partial charge in [0.15, 0.2) is 0 Å². The van der Waals surface area contributed by atoms with Gasteiger partial charge in [-0.3, -0.25) is 9.36 Å². The van der Waals surface area contributed by atoms with E-state index in [1.54, 1.807) is 0 Å². The number of carbonyl (C=O) groups is 1. The molecule has 0 aliphatic heterocycles. The fraction of sp³-hybridized carbons (Fsp3) is 0.889. The molecule has 0 saturated heterocycles. The van der Waals surface area contributed by atoms with Gasteiger partial charge >= 0.3 is 13.6 Å². The van der Waals surface area contributed by atoms with E-state index < -0.39 is 18.7 Å². The molecule has 0 aliphatic rings. The molecule has 0 aliphatic carbocycles. The van der Waals surface area contributed by atoms with Crippen LogP contribution in [0.4, 0.5) is 0 Å². The Hall–Kier alpha value is -0.380. The molecule has 0 amide bonds. The van der Waals surface area contributed by atoms with Crippen LogP contribution in [-0.2, 0) is 14.1 Å². The second-order valence-corrected chi connectivity index (χ2v) is 6.38. The molecule has 0 saturated carbocycles. The van der Waals surface area contributed by atoms with Crippen molar-refractivity contribution < 1.29 is 23.9 Å². The van der Waals surface area contributed by atoms with Crippen LogP contribution >= 0.6 is 7.60 Å². The normalized spacial score (nSPS) is 12.6. The highest BCUT2D eigenvalue weighted by Crippen LogP contribution is 2.52. The monoisotopic (exact) mass is 238 g/mol. The molecule has 90 valence electrons. The van der Waals surface area contributed by atoms with Gasteiger partial charge < -0.3 is 14.5 Å². The van der Waals surface area contributed by atoms with Gasteiger partial charge in [-0.05, 0) is 26.7 Å². The molecule has 15 heavy (non-hydrogen) atoms. The summed E-state index contributed by atoms with van der Waals surface area (Å²) >= 11 is 0. The standard InChI is InChI=1S/C9H19O5P/c1-4-7-14-8(10)5-6-9(2,3)15(11,12)13/h4-7H2,1-3H3,(H2,11,12,13). The summed E-state index contributed by atoms with van der Waals surface area (Å²) in [5.41, 5.74) is 0. The fourth-order valence-electron chi connectivity index (χ4n) is 0.842. The number of hydrogen-bond acceptors (Lipinski definition) is 3. The third-order valence-electron chi connectivity index (χ3n) is 2.20. The van der Waals surface area contributed by atoms with Gasteiger partial charge in [-0.15, -0.1) is 0 Å². The van der Waals surface area contributed by atoms with Gasteiger partial charge in [-0.25, -0.2) is 0 Å². The van der Waals surface area contributed by atoms with Crippen LogP contribution in [0.3, 0.4) is 0 Å². The van der Waals surface area contributed by atoms with Crippen molar-refractivity contribution in [3.05, 3.63) is 0 Å². The minimum Gasteiger partial charge on any atom is -0.466 e. The molecule has 0 rings (SSSR count). The van der Waals surface area contributed by atoms with E-state index in [0.717, 1.165) is 6.42 Å². The summed E-state index contributed by atoms with van der Waals surface area (Å²) in [4.78, 5) is 29.1. The van der Waals surface area contributed by atoms with E-state index in [0.29, 0.717) is 6.61 Å². The molecular formula is C9H19O5P. The highest BCUT2D eigenvalue weighted by Gasteiger charge is 2.37. The highest BCUT2D eigenvalue weighted by atomic mass is 31.2. The molecule has 0 radical (unpaired) electrons. The average Bonchev–Trinajstić information content (AvgIpc) is 2.09. The lowest BCUT2D eigenvalue weighted by molar-refractivity contribution is -0.143. The number of carbonyl (C=O) groups excluding carboxylic acids is 1. The van der Waals surface area contributed by atoms with Crippen LogP contribution in [0.25, 0.3) is 0 Å². The molecule has 0 spiro atoms. The Bertz CT molecular complexity index is 255. The maximum Gasteiger partial charge on any atom is 0.331 e. The van der Waals surface area contributed by atoms with Gasteiger partial charge in [0, 0.05) is 6.42 Å². The predicted octanol–water partition coefficient (Wildman–Crippen LogP) is 1.68. The van der Waals surface area contributed by atoms with Crippen molar-refractivity contribution in [2.24, 2.45) is 0 Å². The average molecular weight is 238 g/mol. The van der Waals surface area contributed by atoms with Crippen LogP contribution < -0.4 is 0 Å². The Morgan fingerprint density at radius 2 is 1.93 bits per heavy atom. The van der Waals surface area contributed by atoms with Crippen molar-refractivity contribution in [2.45, 2.75) is 45.2 Å². The minimum absolute atomic E-state index is 0.0398. The smallest absolute Gasteiger partial charge is 0.331 e. The molecule has 2 N–H and O–H groups in total. The molecule has 6 heteroatoms. The van der Waals surface area contributed by atoms with Crippen molar-refractivity contribution in [2.75, 3.05) is 6.61 Å². The summed E-state index contributed by atoms with van der Waals surface area (Å²) < 4.78 is 15.8. The summed E-state index contributed by atoms with van der Waals surface area (Å²) in [7, 11) is -4.16. The lowest BCUT2D eigenvalue weighted by atomic mass is 10.1. The minimum atomic E-state index is -4.16. The van der Waals surface area contributed by atoms with Crippen molar-refractivity contribution >= 4 is 13.6 Å². The van der Waals surface area contributed by atoms with Crippen LogP contribution in [0, 0.1) is 0 Å². The number of ether oxygens (including phenoxy) is 1. The summed E-state index contributed by atoms with van der Waals surface area (Å²) in [5, 5.41) is -1.17. The second kappa shape index (κ2) is 5.64. The summed E-state index contributed by atoms with van der Waals surface area (Å²) in [6.07, 6.45) is 0.908. The maximum atomic E-state index is 11.1. The molecule has 0 aromatic rings. The fourth-order valence-corrected chi connectivity index (χ4v) is 1.24. The first-order valence-corrected chi connectivity index (χ1v) is 6.53. The first-order chi connectivity index (χ1) is 6.70. The quantitative estimate of drug-likeness (QED) is 0.543. The zero-order valence-electron chi connectivity index (χ0n) is 9.39. The van der Waals surface area contributed by atoms with Gasteiger partial charge in [0.1, 0.15) is 0 Å². The van der Waals surface area contributed by atoms with Gasteiger partial charge in [0.25, 0.3) is 0 Å². The predicted molar refractivity (Wildman–Crippen MR) is 56.6 cm³/mol. The summed E-state index contributed by atoms with van der Waals surface area (Å²) in [5.74, 6) is -0.404. The molecule has 0 bridgehead atoms. The number of esters is 1. The molecule has 5 nitrogen and oxygen atoms in total. The topological polar surface area (TPSA) is 83.8 Å². The van der Waals surface area contributed by atoms with Gasteiger partial charge in [-0.2, -0.15) is 0 Å². The first-order valence-electron chi connectivity index (χ1n) is 4.92. The number of rotatable bonds is 6. The van der Waals surface area contributed by atoms with Crippen molar-refractivity contribution in [1.29, 1.82) is 0 Å². The molecule has 0 heterocycles. The first kappa shape index (κ1) is 14.6. The van der Waals surface area contributed by atoms with E-state index in [1.165, 1.54) is 13.8 Å². The van der Waals surface area contributed by atoms with E-state index in [1.807, 2.05) is 6.92 Å². The van der Waals surface area contributed by atoms with E-state index in [2.05, 4.69) is 0 Å². The van der Waals surface area contributed by atoms with Crippen molar-refractivity contribution in [1.82, 2.24) is 0 Å². The third kappa shape index (κ3) is 5.30. The van der Waals surface area contributed by atoms with E-state index in [-0.39, 0.29) is 12.8 Å². The van der Waals surface area contributed by atoms with E-state index in [9.17, 15) is 9.36 Å². The Labute approximate surface area is 90.0 Å². The Morgan fingerprint density at radius 1 is 1.40 bits per heavy atom. The van der Waals surface area contributed by atoms with E-state index >= 15 is 0 Å². The zero-order chi connectivity index (χ0) is 12.1. The van der Waals surface area contributed by atoms with Crippen molar-refractivity contribution in [3.63, 3.8) is 0 Å². The summed E-state index contributed by atoms with van der Waals surface area (Å²) in [6.45, 7) is 5.13. The van der Waals surface area contributed by atoms with E-state index in [4.69, 9.17) is 14.5 Å². The largest absolute Gasteiger partial charge is 0.466 e. The number of hydrogen-bond donors (Lipinski definition) is 2. The van der Waals surface area contributed by atoms with Crippen LogP contribution in [-0.4, -0.2) is 27.5 Å². The van der Waals surface area contributed by atoms with Crippen molar-refractivity contribution in [3.8, 4) is 0 Å². The Balaban J connectivity index is 4.05. The third-order valence-corrected chi connectivity index (χ3v) is 4.00. The lowest BCUT2D eigenvalue weighted by Gasteiger charge is -2.24. The van der Waals surface area contributed by atoms with Crippen LogP contribution in [0.2, 0.25) is 0 Å². The molecule has 0 aromatic heterocycles. The summed E-state index contributed by atoms with van der Waals surface area (Å²) in [6, 6.07) is 0. The Morgan fingerprint density at radius 3 is 2.33 bits per heavy atom. The van der Waals surface area contributed by atoms with Crippen LogP contribution in [0.1, 0.15) is 40.0 Å². The molecule has 0 atom stereocenters. The maximum absolute atomic E-state index is 11.1. The van der Waals surface area contributed by atoms with Gasteiger partial charge in [0.05, 0.1) is 11.8 Å². The zero-order valence-corrected chi connectivity index (χ0v) is 10.3. The SMILES string of the molecule is CCCOC(=O)CCC(C)(C)P(=O)(O)O.